The van der Waals surface area contributed by atoms with E-state index in [1.54, 1.807) is 25.1 Å². The predicted molar refractivity (Wildman–Crippen MR) is 85.5 cm³/mol. The van der Waals surface area contributed by atoms with Crippen LogP contribution >= 0.6 is 23.2 Å². The Morgan fingerprint density at radius 3 is 2.46 bits per heavy atom. The van der Waals surface area contributed by atoms with Crippen molar-refractivity contribution in [2.45, 2.75) is 13.1 Å². The molecule has 24 heavy (non-hydrogen) atoms. The molecule has 2 heterocycles. The number of aryl methyl sites for hydroxylation is 1. The van der Waals surface area contributed by atoms with Gasteiger partial charge in [-0.2, -0.15) is 27.8 Å². The van der Waals surface area contributed by atoms with Crippen LogP contribution in [0.1, 0.15) is 5.69 Å². The largest absolute Gasteiger partial charge is 0.405 e. The fraction of sp³-hybridized carbons (Fsp3) is 0.214. The third-order valence-corrected chi connectivity index (χ3v) is 3.91. The molecule has 10 heteroatoms. The van der Waals surface area contributed by atoms with Gasteiger partial charge in [0.2, 0.25) is 0 Å². The van der Waals surface area contributed by atoms with E-state index >= 15 is 0 Å². The van der Waals surface area contributed by atoms with E-state index in [1.807, 2.05) is 0 Å². The van der Waals surface area contributed by atoms with Gasteiger partial charge in [0.1, 0.15) is 18.7 Å². The zero-order valence-corrected chi connectivity index (χ0v) is 13.7. The zero-order chi connectivity index (χ0) is 17.5. The zero-order valence-electron chi connectivity index (χ0n) is 12.2. The Kier molecular flexibility index (Phi) is 4.27. The summed E-state index contributed by atoms with van der Waals surface area (Å²) < 4.78 is 39.2. The van der Waals surface area contributed by atoms with E-state index in [4.69, 9.17) is 23.2 Å². The quantitative estimate of drug-likeness (QED) is 0.737. The minimum atomic E-state index is -4.41. The highest BCUT2D eigenvalue weighted by atomic mass is 35.5. The molecule has 0 aliphatic heterocycles. The van der Waals surface area contributed by atoms with Crippen molar-refractivity contribution in [3.63, 3.8) is 0 Å². The van der Waals surface area contributed by atoms with Crippen LogP contribution in [-0.2, 0) is 0 Å². The molecule has 0 bridgehead atoms. The standard InChI is InChI=1S/C14H10Cl2F3N5/c1-7-10(11-8(15)3-2-4-9(11)16)12(20-5-14(17,18)19)24-13(23-7)21-6-22-24/h2-4,6,20H,5H2,1H3. The summed E-state index contributed by atoms with van der Waals surface area (Å²) in [5.74, 6) is 0.242. The van der Waals surface area contributed by atoms with E-state index in [2.05, 4.69) is 20.4 Å². The molecule has 0 saturated heterocycles. The lowest BCUT2D eigenvalue weighted by Crippen LogP contribution is -2.23. The van der Waals surface area contributed by atoms with Gasteiger partial charge in [0, 0.05) is 11.1 Å². The van der Waals surface area contributed by atoms with Crippen molar-refractivity contribution >= 4 is 34.8 Å². The van der Waals surface area contributed by atoms with Gasteiger partial charge in [0.15, 0.2) is 0 Å². The van der Waals surface area contributed by atoms with Crippen molar-refractivity contribution < 1.29 is 13.2 Å². The van der Waals surface area contributed by atoms with E-state index < -0.39 is 12.7 Å². The first-order valence-corrected chi connectivity index (χ1v) is 7.49. The lowest BCUT2D eigenvalue weighted by molar-refractivity contribution is -0.115. The van der Waals surface area contributed by atoms with Gasteiger partial charge in [-0.1, -0.05) is 29.3 Å². The number of anilines is 1. The molecule has 2 aromatic heterocycles. The van der Waals surface area contributed by atoms with Crippen molar-refractivity contribution in [2.75, 3.05) is 11.9 Å². The molecule has 0 spiro atoms. The number of nitrogens with zero attached hydrogens (tertiary/aromatic N) is 4. The monoisotopic (exact) mass is 375 g/mol. The van der Waals surface area contributed by atoms with E-state index in [0.29, 0.717) is 26.9 Å². The van der Waals surface area contributed by atoms with Crippen LogP contribution in [0.25, 0.3) is 16.9 Å². The molecule has 3 aromatic rings. The van der Waals surface area contributed by atoms with Gasteiger partial charge in [-0.25, -0.2) is 4.98 Å². The van der Waals surface area contributed by atoms with Crippen LogP contribution in [0.15, 0.2) is 24.5 Å². The van der Waals surface area contributed by atoms with Crippen molar-refractivity contribution in [3.05, 3.63) is 40.3 Å². The van der Waals surface area contributed by atoms with Crippen molar-refractivity contribution in [2.24, 2.45) is 0 Å². The highest BCUT2D eigenvalue weighted by molar-refractivity contribution is 6.39. The second-order valence-corrected chi connectivity index (χ2v) is 5.77. The van der Waals surface area contributed by atoms with Crippen molar-refractivity contribution in [3.8, 4) is 11.1 Å². The Hall–Kier alpha value is -2.06. The Bertz CT molecular complexity index is 887. The molecule has 1 aromatic carbocycles. The number of rotatable bonds is 3. The number of nitrogens with one attached hydrogen (secondary N) is 1. The maximum absolute atomic E-state index is 12.7. The minimum Gasteiger partial charge on any atom is -0.360 e. The summed E-state index contributed by atoms with van der Waals surface area (Å²) in [5, 5.41) is 6.87. The lowest BCUT2D eigenvalue weighted by atomic mass is 10.0. The average molecular weight is 376 g/mol. The summed E-state index contributed by atoms with van der Waals surface area (Å²) in [6.45, 7) is 0.392. The maximum atomic E-state index is 12.7. The number of aromatic nitrogens is 4. The third kappa shape index (κ3) is 3.11. The van der Waals surface area contributed by atoms with E-state index in [-0.39, 0.29) is 11.6 Å². The molecular weight excluding hydrogens is 366 g/mol. The Morgan fingerprint density at radius 2 is 1.83 bits per heavy atom. The minimum absolute atomic E-state index is 0.0716. The molecule has 3 rings (SSSR count). The number of alkyl halides is 3. The van der Waals surface area contributed by atoms with Crippen LogP contribution in [0.4, 0.5) is 19.0 Å². The summed E-state index contributed by atoms with van der Waals surface area (Å²) in [4.78, 5) is 8.17. The van der Waals surface area contributed by atoms with Gasteiger partial charge in [0.25, 0.3) is 5.78 Å². The van der Waals surface area contributed by atoms with Crippen LogP contribution in [0.3, 0.4) is 0 Å². The number of hydrogen-bond acceptors (Lipinski definition) is 4. The molecule has 0 aliphatic rings. The topological polar surface area (TPSA) is 55.1 Å². The summed E-state index contributed by atoms with van der Waals surface area (Å²) in [6.07, 6.45) is -3.20. The first-order valence-electron chi connectivity index (χ1n) is 6.73. The molecule has 126 valence electrons. The first-order chi connectivity index (χ1) is 11.3. The summed E-state index contributed by atoms with van der Waals surface area (Å²) in [7, 11) is 0. The van der Waals surface area contributed by atoms with Gasteiger partial charge in [-0.05, 0) is 19.1 Å². The Labute approximate surface area is 144 Å². The normalized spacial score (nSPS) is 11.9. The van der Waals surface area contributed by atoms with Crippen LogP contribution in [0.5, 0.6) is 0 Å². The van der Waals surface area contributed by atoms with E-state index in [1.165, 1.54) is 10.8 Å². The fourth-order valence-electron chi connectivity index (χ4n) is 2.34. The van der Waals surface area contributed by atoms with Crippen LogP contribution < -0.4 is 5.32 Å². The SMILES string of the molecule is Cc1nc2ncnn2c(NCC(F)(F)F)c1-c1c(Cl)cccc1Cl. The third-order valence-electron chi connectivity index (χ3n) is 3.28. The molecule has 0 amide bonds. The van der Waals surface area contributed by atoms with Crippen LogP contribution in [0, 0.1) is 6.92 Å². The molecule has 0 atom stereocenters. The summed E-state index contributed by atoms with van der Waals surface area (Å²) in [5.41, 5.74) is 1.15. The smallest absolute Gasteiger partial charge is 0.360 e. The highest BCUT2D eigenvalue weighted by Gasteiger charge is 2.29. The van der Waals surface area contributed by atoms with E-state index in [9.17, 15) is 13.2 Å². The second kappa shape index (κ2) is 6.10. The Balaban J connectivity index is 2.28. The molecule has 0 radical (unpaired) electrons. The molecular formula is C14H10Cl2F3N5. The fourth-order valence-corrected chi connectivity index (χ4v) is 2.92. The molecule has 0 aliphatic carbocycles. The molecule has 0 fully saturated rings. The van der Waals surface area contributed by atoms with Gasteiger partial charge >= 0.3 is 6.18 Å². The Morgan fingerprint density at radius 1 is 1.17 bits per heavy atom. The lowest BCUT2D eigenvalue weighted by Gasteiger charge is -2.18. The second-order valence-electron chi connectivity index (χ2n) is 4.96. The number of benzene rings is 1. The van der Waals surface area contributed by atoms with Gasteiger partial charge in [-0.3, -0.25) is 0 Å². The van der Waals surface area contributed by atoms with Gasteiger partial charge < -0.3 is 5.32 Å². The number of hydrogen-bond donors (Lipinski definition) is 1. The van der Waals surface area contributed by atoms with E-state index in [0.717, 1.165) is 0 Å². The number of halogens is 5. The van der Waals surface area contributed by atoms with Crippen LogP contribution in [-0.4, -0.2) is 32.3 Å². The van der Waals surface area contributed by atoms with Crippen molar-refractivity contribution in [1.29, 1.82) is 0 Å². The van der Waals surface area contributed by atoms with Crippen molar-refractivity contribution in [1.82, 2.24) is 19.6 Å². The summed E-state index contributed by atoms with van der Waals surface area (Å²) >= 11 is 12.4. The maximum Gasteiger partial charge on any atom is 0.405 e. The van der Waals surface area contributed by atoms with Gasteiger partial charge in [0.05, 0.1) is 15.7 Å². The summed E-state index contributed by atoms with van der Waals surface area (Å²) in [6, 6.07) is 4.84. The molecule has 5 nitrogen and oxygen atoms in total. The average Bonchev–Trinajstić information content (AvgIpc) is 2.93. The van der Waals surface area contributed by atoms with Crippen LogP contribution in [0.2, 0.25) is 10.0 Å². The first kappa shape index (κ1) is 16.8. The predicted octanol–water partition coefficient (Wildman–Crippen LogP) is 4.38. The molecule has 1 N–H and O–H groups in total. The molecule has 0 saturated carbocycles. The number of fused-ring (bicyclic) bond motifs is 1. The highest BCUT2D eigenvalue weighted by Crippen LogP contribution is 2.40. The van der Waals surface area contributed by atoms with Gasteiger partial charge in [-0.15, -0.1) is 0 Å². The molecule has 0 unspecified atom stereocenters.